The van der Waals surface area contributed by atoms with E-state index in [1.807, 2.05) is 48.5 Å². The summed E-state index contributed by atoms with van der Waals surface area (Å²) in [7, 11) is 6.71. The van der Waals surface area contributed by atoms with E-state index < -0.39 is 0 Å². The summed E-state index contributed by atoms with van der Waals surface area (Å²) in [6.45, 7) is 0. The number of methoxy groups -OCH3 is 4. The van der Waals surface area contributed by atoms with Gasteiger partial charge in [-0.3, -0.25) is 4.79 Å². The molecule has 2 aromatic heterocycles. The van der Waals surface area contributed by atoms with E-state index in [4.69, 9.17) is 18.9 Å². The molecule has 0 radical (unpaired) electrons. The molecule has 2 heterocycles. The quantitative estimate of drug-likeness (QED) is 0.108. The van der Waals surface area contributed by atoms with Gasteiger partial charge in [0, 0.05) is 64.8 Å². The predicted octanol–water partition coefficient (Wildman–Crippen LogP) is 16.7. The first-order valence-electron chi connectivity index (χ1n) is 22.8. The summed E-state index contributed by atoms with van der Waals surface area (Å²) in [5.41, 5.74) is 13.9. The SMILES string of the molecule is COc1ccc(N(c2ccc(OC)cc2)c2ccc(-c3ccc(-c4ccc5c(c4)C(=O)c4cc(-c6ccc(-c7ccc(N(c8ccc(OC)cc8)c8ccc(OC)cc8)cc7)s6)ccc4-5)s3)cc2)cc1. The van der Waals surface area contributed by atoms with Crippen molar-refractivity contribution >= 4 is 62.6 Å². The van der Waals surface area contributed by atoms with E-state index in [-0.39, 0.29) is 5.78 Å². The molecule has 0 aliphatic heterocycles. The van der Waals surface area contributed by atoms with E-state index in [2.05, 4.69) is 168 Å². The van der Waals surface area contributed by atoms with Gasteiger partial charge in [-0.05, 0) is 191 Å². The smallest absolute Gasteiger partial charge is 0.194 e. The molecule has 0 spiro atoms. The second-order valence-electron chi connectivity index (χ2n) is 16.7. The maximum atomic E-state index is 14.2. The van der Waals surface area contributed by atoms with Crippen LogP contribution in [-0.2, 0) is 0 Å². The molecule has 1 aliphatic rings. The molecule has 9 heteroatoms. The minimum Gasteiger partial charge on any atom is -0.497 e. The third kappa shape index (κ3) is 8.46. The largest absolute Gasteiger partial charge is 0.497 e. The van der Waals surface area contributed by atoms with Crippen molar-refractivity contribution in [3.8, 4) is 75.9 Å². The van der Waals surface area contributed by atoms with Crippen LogP contribution in [-0.4, -0.2) is 34.2 Å². The van der Waals surface area contributed by atoms with Gasteiger partial charge in [0.05, 0.1) is 28.4 Å². The van der Waals surface area contributed by atoms with Crippen LogP contribution >= 0.6 is 22.7 Å². The molecule has 0 fully saturated rings. The fourth-order valence-corrected chi connectivity index (χ4v) is 11.1. The van der Waals surface area contributed by atoms with Crippen molar-refractivity contribution in [1.29, 1.82) is 0 Å². The zero-order valence-electron chi connectivity index (χ0n) is 38.9. The van der Waals surface area contributed by atoms with Gasteiger partial charge in [-0.2, -0.15) is 0 Å². The van der Waals surface area contributed by atoms with Gasteiger partial charge < -0.3 is 28.7 Å². The summed E-state index contributed by atoms with van der Waals surface area (Å²) < 4.78 is 21.8. The number of ether oxygens (including phenoxy) is 4. The maximum absolute atomic E-state index is 14.2. The van der Waals surface area contributed by atoms with Crippen molar-refractivity contribution in [3.63, 3.8) is 0 Å². The minimum absolute atomic E-state index is 0.0602. The Labute approximate surface area is 415 Å². The molecule has 8 aromatic carbocycles. The molecule has 10 aromatic rings. The molecule has 70 heavy (non-hydrogen) atoms. The minimum atomic E-state index is 0.0602. The van der Waals surface area contributed by atoms with Crippen LogP contribution in [0.5, 0.6) is 23.0 Å². The monoisotopic (exact) mass is 950 g/mol. The first-order chi connectivity index (χ1) is 34.4. The van der Waals surface area contributed by atoms with E-state index in [0.717, 1.165) is 121 Å². The molecular formula is C61H46N2O5S2. The summed E-state index contributed by atoms with van der Waals surface area (Å²) in [5, 5.41) is 0. The van der Waals surface area contributed by atoms with E-state index in [9.17, 15) is 4.79 Å². The van der Waals surface area contributed by atoms with E-state index in [1.54, 1.807) is 51.1 Å². The normalized spacial score (nSPS) is 11.5. The molecule has 0 N–H and O–H groups in total. The molecule has 342 valence electrons. The molecule has 0 bridgehead atoms. The van der Waals surface area contributed by atoms with Crippen molar-refractivity contribution in [2.45, 2.75) is 0 Å². The van der Waals surface area contributed by atoms with Crippen molar-refractivity contribution in [3.05, 3.63) is 217 Å². The van der Waals surface area contributed by atoms with Crippen LogP contribution in [0.15, 0.2) is 206 Å². The molecule has 0 amide bonds. The van der Waals surface area contributed by atoms with E-state index in [1.165, 1.54) is 0 Å². The Bertz CT molecular complexity index is 3140. The Morgan fingerprint density at radius 3 is 0.800 bits per heavy atom. The van der Waals surface area contributed by atoms with Crippen LogP contribution in [0.3, 0.4) is 0 Å². The fraction of sp³-hybridized carbons (Fsp3) is 0.0656. The fourth-order valence-electron chi connectivity index (χ4n) is 9.05. The van der Waals surface area contributed by atoms with Gasteiger partial charge >= 0.3 is 0 Å². The third-order valence-corrected chi connectivity index (χ3v) is 15.1. The Morgan fingerprint density at radius 1 is 0.286 bits per heavy atom. The topological polar surface area (TPSA) is 60.5 Å². The number of thiophene rings is 2. The zero-order valence-corrected chi connectivity index (χ0v) is 40.5. The zero-order chi connectivity index (χ0) is 47.7. The number of nitrogens with zero attached hydrogens (tertiary/aromatic N) is 2. The first-order valence-corrected chi connectivity index (χ1v) is 24.4. The highest BCUT2D eigenvalue weighted by atomic mass is 32.1. The lowest BCUT2D eigenvalue weighted by molar-refractivity contribution is 0.104. The van der Waals surface area contributed by atoms with Crippen molar-refractivity contribution in [2.24, 2.45) is 0 Å². The highest BCUT2D eigenvalue weighted by Crippen LogP contribution is 2.45. The summed E-state index contributed by atoms with van der Waals surface area (Å²) >= 11 is 3.45. The molecular weight excluding hydrogens is 905 g/mol. The standard InChI is InChI=1S/C61H46N2O5S2/c1-65-49-23-15-45(16-24-49)62(46-17-25-50(66-2)26-18-46)43-11-5-39(6-12-43)57-33-35-59(69-57)41-9-31-53-54-32-10-42(38-56(54)61(64)55(53)37-41)60-36-34-58(70-60)40-7-13-44(14-8-40)63(47-19-27-51(67-3)28-20-47)48-21-29-52(68-4)30-22-48/h5-38H,1-4H3. The van der Waals surface area contributed by atoms with Crippen molar-refractivity contribution in [2.75, 3.05) is 38.2 Å². The number of hydrogen-bond acceptors (Lipinski definition) is 9. The number of benzene rings is 8. The highest BCUT2D eigenvalue weighted by molar-refractivity contribution is 7.19. The van der Waals surface area contributed by atoms with Gasteiger partial charge in [0.15, 0.2) is 5.78 Å². The van der Waals surface area contributed by atoms with E-state index >= 15 is 0 Å². The summed E-state index contributed by atoms with van der Waals surface area (Å²) in [6.07, 6.45) is 0. The molecule has 0 atom stereocenters. The third-order valence-electron chi connectivity index (χ3n) is 12.7. The van der Waals surface area contributed by atoms with Gasteiger partial charge in [0.25, 0.3) is 0 Å². The number of rotatable bonds is 14. The van der Waals surface area contributed by atoms with Crippen molar-refractivity contribution < 1.29 is 23.7 Å². The number of fused-ring (bicyclic) bond motifs is 3. The lowest BCUT2D eigenvalue weighted by Crippen LogP contribution is -2.09. The Balaban J connectivity index is 0.805. The summed E-state index contributed by atoms with van der Waals surface area (Å²) in [5.74, 6) is 3.27. The lowest BCUT2D eigenvalue weighted by Gasteiger charge is -2.26. The average Bonchev–Trinajstić information content (AvgIpc) is 4.19. The van der Waals surface area contributed by atoms with Gasteiger partial charge in [0.1, 0.15) is 23.0 Å². The number of carbonyl (C=O) groups excluding carboxylic acids is 1. The first kappa shape index (κ1) is 44.2. The van der Waals surface area contributed by atoms with Crippen LogP contribution in [0.1, 0.15) is 15.9 Å². The lowest BCUT2D eigenvalue weighted by atomic mass is 10.0. The van der Waals surface area contributed by atoms with E-state index in [0.29, 0.717) is 0 Å². The highest BCUT2D eigenvalue weighted by Gasteiger charge is 2.28. The van der Waals surface area contributed by atoms with Crippen LogP contribution in [0.4, 0.5) is 34.1 Å². The predicted molar refractivity (Wildman–Crippen MR) is 288 cm³/mol. The van der Waals surface area contributed by atoms with Gasteiger partial charge in [-0.15, -0.1) is 22.7 Å². The number of hydrogen-bond donors (Lipinski definition) is 0. The van der Waals surface area contributed by atoms with Gasteiger partial charge in [0.2, 0.25) is 0 Å². The molecule has 0 unspecified atom stereocenters. The molecule has 7 nitrogen and oxygen atoms in total. The van der Waals surface area contributed by atoms with Crippen LogP contribution < -0.4 is 28.7 Å². The Hall–Kier alpha value is -8.37. The number of anilines is 6. The number of carbonyl (C=O) groups is 1. The van der Waals surface area contributed by atoms with Crippen LogP contribution in [0.25, 0.3) is 52.9 Å². The molecule has 1 aliphatic carbocycles. The summed E-state index contributed by atoms with van der Waals surface area (Å²) in [6, 6.07) is 70.8. The molecule has 11 rings (SSSR count). The molecule has 0 saturated carbocycles. The van der Waals surface area contributed by atoms with Crippen LogP contribution in [0.2, 0.25) is 0 Å². The average molecular weight is 951 g/mol. The van der Waals surface area contributed by atoms with Gasteiger partial charge in [-0.1, -0.05) is 48.5 Å². The second-order valence-corrected chi connectivity index (χ2v) is 18.9. The Kier molecular flexibility index (Phi) is 12.0. The van der Waals surface area contributed by atoms with Crippen LogP contribution in [0, 0.1) is 0 Å². The number of ketones is 1. The summed E-state index contributed by atoms with van der Waals surface area (Å²) in [4.78, 5) is 23.1. The second kappa shape index (κ2) is 19.0. The van der Waals surface area contributed by atoms with Crippen molar-refractivity contribution in [1.82, 2.24) is 0 Å². The Morgan fingerprint density at radius 2 is 0.529 bits per heavy atom. The maximum Gasteiger partial charge on any atom is 0.194 e. The molecule has 0 saturated heterocycles. The van der Waals surface area contributed by atoms with Gasteiger partial charge in [-0.25, -0.2) is 0 Å².